The molecule has 1 aromatic heterocycles. The van der Waals surface area contributed by atoms with E-state index in [0.717, 1.165) is 36.6 Å². The Labute approximate surface area is 153 Å². The van der Waals surface area contributed by atoms with E-state index in [0.29, 0.717) is 11.5 Å². The first-order chi connectivity index (χ1) is 12.7. The SMILES string of the molecule is Cc1cc(Nc2ccc(C#N)cc2)nc(NCCCc2ccccc2)n1. The first-order valence-corrected chi connectivity index (χ1v) is 8.63. The summed E-state index contributed by atoms with van der Waals surface area (Å²) in [4.78, 5) is 8.96. The van der Waals surface area contributed by atoms with Gasteiger partial charge in [-0.2, -0.15) is 10.2 Å². The molecule has 5 nitrogen and oxygen atoms in total. The maximum atomic E-state index is 8.87. The molecule has 130 valence electrons. The zero-order chi connectivity index (χ0) is 18.2. The predicted molar refractivity (Wildman–Crippen MR) is 104 cm³/mol. The number of rotatable bonds is 7. The molecular formula is C21H21N5. The van der Waals surface area contributed by atoms with Gasteiger partial charge < -0.3 is 10.6 Å². The average molecular weight is 343 g/mol. The molecule has 26 heavy (non-hydrogen) atoms. The lowest BCUT2D eigenvalue weighted by Gasteiger charge is -2.10. The fraction of sp³-hybridized carbons (Fsp3) is 0.190. The van der Waals surface area contributed by atoms with E-state index in [4.69, 9.17) is 5.26 Å². The van der Waals surface area contributed by atoms with E-state index in [2.05, 4.69) is 50.9 Å². The Hall–Kier alpha value is -3.39. The molecule has 0 atom stereocenters. The predicted octanol–water partition coefficient (Wildman–Crippen LogP) is 4.45. The summed E-state index contributed by atoms with van der Waals surface area (Å²) in [6, 6.07) is 21.7. The molecule has 5 heteroatoms. The van der Waals surface area contributed by atoms with Gasteiger partial charge in [-0.25, -0.2) is 4.98 Å². The summed E-state index contributed by atoms with van der Waals surface area (Å²) in [6.07, 6.45) is 2.04. The van der Waals surface area contributed by atoms with E-state index in [1.807, 2.05) is 31.2 Å². The van der Waals surface area contributed by atoms with Crippen LogP contribution in [-0.2, 0) is 6.42 Å². The van der Waals surface area contributed by atoms with Gasteiger partial charge in [-0.15, -0.1) is 0 Å². The number of hydrogen-bond donors (Lipinski definition) is 2. The minimum atomic E-state index is 0.620. The van der Waals surface area contributed by atoms with Gasteiger partial charge in [-0.1, -0.05) is 30.3 Å². The van der Waals surface area contributed by atoms with Gasteiger partial charge in [0, 0.05) is 24.0 Å². The van der Waals surface area contributed by atoms with Gasteiger partial charge in [0.15, 0.2) is 0 Å². The van der Waals surface area contributed by atoms with Gasteiger partial charge in [-0.3, -0.25) is 0 Å². The van der Waals surface area contributed by atoms with E-state index >= 15 is 0 Å². The Bertz CT molecular complexity index is 883. The van der Waals surface area contributed by atoms with Crippen LogP contribution < -0.4 is 10.6 Å². The third-order valence-corrected chi connectivity index (χ3v) is 3.91. The normalized spacial score (nSPS) is 10.2. The lowest BCUT2D eigenvalue weighted by Crippen LogP contribution is -2.08. The van der Waals surface area contributed by atoms with Crippen LogP contribution in [0.25, 0.3) is 0 Å². The van der Waals surface area contributed by atoms with Crippen LogP contribution in [0.15, 0.2) is 60.7 Å². The molecular weight excluding hydrogens is 322 g/mol. The molecule has 0 bridgehead atoms. The fourth-order valence-corrected chi connectivity index (χ4v) is 2.63. The quantitative estimate of drug-likeness (QED) is 0.620. The highest BCUT2D eigenvalue weighted by atomic mass is 15.1. The summed E-state index contributed by atoms with van der Waals surface area (Å²) in [5.74, 6) is 1.35. The summed E-state index contributed by atoms with van der Waals surface area (Å²) in [5.41, 5.74) is 3.75. The minimum absolute atomic E-state index is 0.620. The maximum Gasteiger partial charge on any atom is 0.224 e. The fourth-order valence-electron chi connectivity index (χ4n) is 2.63. The van der Waals surface area contributed by atoms with Gasteiger partial charge in [-0.05, 0) is 49.6 Å². The molecule has 0 unspecified atom stereocenters. The molecule has 0 saturated heterocycles. The van der Waals surface area contributed by atoms with Crippen LogP contribution in [0.3, 0.4) is 0 Å². The van der Waals surface area contributed by atoms with Gasteiger partial charge in [0.2, 0.25) is 5.95 Å². The highest BCUT2D eigenvalue weighted by Crippen LogP contribution is 2.17. The number of benzene rings is 2. The number of nitrogens with one attached hydrogen (secondary N) is 2. The molecule has 0 spiro atoms. The second-order valence-corrected chi connectivity index (χ2v) is 6.05. The number of anilines is 3. The largest absolute Gasteiger partial charge is 0.354 e. The third kappa shape index (κ3) is 5.05. The molecule has 2 N–H and O–H groups in total. The Morgan fingerprint density at radius 1 is 1.00 bits per heavy atom. The molecule has 0 aliphatic heterocycles. The summed E-state index contributed by atoms with van der Waals surface area (Å²) >= 11 is 0. The summed E-state index contributed by atoms with van der Waals surface area (Å²) in [5, 5.41) is 15.4. The van der Waals surface area contributed by atoms with Crippen molar-refractivity contribution in [1.29, 1.82) is 5.26 Å². The van der Waals surface area contributed by atoms with Crippen molar-refractivity contribution >= 4 is 17.5 Å². The van der Waals surface area contributed by atoms with Crippen molar-refractivity contribution in [3.05, 3.63) is 77.5 Å². The van der Waals surface area contributed by atoms with Crippen molar-refractivity contribution in [3.8, 4) is 6.07 Å². The van der Waals surface area contributed by atoms with Gasteiger partial charge >= 0.3 is 0 Å². The molecule has 0 saturated carbocycles. The Morgan fingerprint density at radius 2 is 1.77 bits per heavy atom. The summed E-state index contributed by atoms with van der Waals surface area (Å²) in [7, 11) is 0. The van der Waals surface area contributed by atoms with E-state index in [1.165, 1.54) is 5.56 Å². The van der Waals surface area contributed by atoms with Crippen LogP contribution in [0, 0.1) is 18.3 Å². The second kappa shape index (κ2) is 8.63. The summed E-state index contributed by atoms with van der Waals surface area (Å²) in [6.45, 7) is 2.76. The zero-order valence-electron chi connectivity index (χ0n) is 14.7. The third-order valence-electron chi connectivity index (χ3n) is 3.91. The maximum absolute atomic E-state index is 8.87. The van der Waals surface area contributed by atoms with Crippen LogP contribution in [0.5, 0.6) is 0 Å². The molecule has 0 fully saturated rings. The molecule has 2 aromatic carbocycles. The molecule has 3 aromatic rings. The number of aromatic nitrogens is 2. The molecule has 0 amide bonds. The van der Waals surface area contributed by atoms with Crippen LogP contribution in [0.2, 0.25) is 0 Å². The lowest BCUT2D eigenvalue weighted by atomic mass is 10.1. The monoisotopic (exact) mass is 343 g/mol. The smallest absolute Gasteiger partial charge is 0.224 e. The van der Waals surface area contributed by atoms with Crippen LogP contribution in [0.1, 0.15) is 23.2 Å². The van der Waals surface area contributed by atoms with Crippen LogP contribution >= 0.6 is 0 Å². The highest BCUT2D eigenvalue weighted by molar-refractivity contribution is 5.58. The van der Waals surface area contributed by atoms with E-state index in [9.17, 15) is 0 Å². The minimum Gasteiger partial charge on any atom is -0.354 e. The number of nitriles is 1. The standard InChI is InChI=1S/C21H21N5/c1-16-14-20(25-19-11-9-18(15-22)10-12-19)26-21(24-16)23-13-5-8-17-6-3-2-4-7-17/h2-4,6-7,9-12,14H,5,8,13H2,1H3,(H2,23,24,25,26). The number of aryl methyl sites for hydroxylation is 2. The second-order valence-electron chi connectivity index (χ2n) is 6.05. The Kier molecular flexibility index (Phi) is 5.79. The number of nitrogens with zero attached hydrogens (tertiary/aromatic N) is 3. The Balaban J connectivity index is 1.57. The van der Waals surface area contributed by atoms with E-state index in [-0.39, 0.29) is 0 Å². The van der Waals surface area contributed by atoms with Crippen LogP contribution in [-0.4, -0.2) is 16.5 Å². The van der Waals surface area contributed by atoms with Crippen LogP contribution in [0.4, 0.5) is 17.5 Å². The molecule has 1 heterocycles. The van der Waals surface area contributed by atoms with Gasteiger partial charge in [0.25, 0.3) is 0 Å². The van der Waals surface area contributed by atoms with Crippen molar-refractivity contribution in [2.75, 3.05) is 17.2 Å². The summed E-state index contributed by atoms with van der Waals surface area (Å²) < 4.78 is 0. The average Bonchev–Trinajstić information content (AvgIpc) is 2.66. The zero-order valence-corrected chi connectivity index (χ0v) is 14.7. The molecule has 0 aliphatic rings. The first kappa shape index (κ1) is 17.4. The van der Waals surface area contributed by atoms with Crippen molar-refractivity contribution in [2.24, 2.45) is 0 Å². The number of hydrogen-bond acceptors (Lipinski definition) is 5. The van der Waals surface area contributed by atoms with Gasteiger partial charge in [0.1, 0.15) is 5.82 Å². The highest BCUT2D eigenvalue weighted by Gasteiger charge is 2.03. The lowest BCUT2D eigenvalue weighted by molar-refractivity contribution is 0.851. The van der Waals surface area contributed by atoms with Crippen molar-refractivity contribution in [3.63, 3.8) is 0 Å². The Morgan fingerprint density at radius 3 is 2.50 bits per heavy atom. The van der Waals surface area contributed by atoms with Gasteiger partial charge in [0.05, 0.1) is 11.6 Å². The molecule has 0 radical (unpaired) electrons. The van der Waals surface area contributed by atoms with E-state index in [1.54, 1.807) is 12.1 Å². The van der Waals surface area contributed by atoms with Crippen molar-refractivity contribution < 1.29 is 0 Å². The topological polar surface area (TPSA) is 73.6 Å². The molecule has 0 aliphatic carbocycles. The molecule has 3 rings (SSSR count). The van der Waals surface area contributed by atoms with E-state index < -0.39 is 0 Å². The van der Waals surface area contributed by atoms with Crippen molar-refractivity contribution in [2.45, 2.75) is 19.8 Å². The first-order valence-electron chi connectivity index (χ1n) is 8.63. The van der Waals surface area contributed by atoms with Crippen molar-refractivity contribution in [1.82, 2.24) is 9.97 Å².